The molecule has 0 bridgehead atoms. The summed E-state index contributed by atoms with van der Waals surface area (Å²) in [7, 11) is 0. The van der Waals surface area contributed by atoms with Crippen LogP contribution in [-0.2, 0) is 9.59 Å². The lowest BCUT2D eigenvalue weighted by atomic mass is 9.88. The lowest BCUT2D eigenvalue weighted by Gasteiger charge is -2.23. The van der Waals surface area contributed by atoms with Gasteiger partial charge in [-0.25, -0.2) is 4.79 Å². The molecule has 1 aromatic rings. The summed E-state index contributed by atoms with van der Waals surface area (Å²) >= 11 is 4.24. The number of hydrogen-bond acceptors (Lipinski definition) is 3. The molecule has 0 aliphatic rings. The van der Waals surface area contributed by atoms with E-state index in [-0.39, 0.29) is 17.7 Å². The van der Waals surface area contributed by atoms with Gasteiger partial charge in [0.2, 0.25) is 5.91 Å². The molecule has 110 valence electrons. The highest BCUT2D eigenvalue weighted by Crippen LogP contribution is 2.25. The molecular formula is C15H21NO3S. The maximum absolute atomic E-state index is 12.2. The van der Waals surface area contributed by atoms with Gasteiger partial charge < -0.3 is 10.4 Å². The van der Waals surface area contributed by atoms with Crippen LogP contribution in [0.25, 0.3) is 0 Å². The molecule has 0 saturated carbocycles. The number of hydrogen-bond donors (Lipinski definition) is 3. The third-order valence-electron chi connectivity index (χ3n) is 3.49. The predicted molar refractivity (Wildman–Crippen MR) is 82.1 cm³/mol. The van der Waals surface area contributed by atoms with Gasteiger partial charge in [0.1, 0.15) is 6.04 Å². The van der Waals surface area contributed by atoms with Crippen molar-refractivity contribution < 1.29 is 14.7 Å². The van der Waals surface area contributed by atoms with Gasteiger partial charge in [-0.2, -0.15) is 12.6 Å². The quantitative estimate of drug-likeness (QED) is 0.676. The summed E-state index contributed by atoms with van der Waals surface area (Å²) in [5.41, 5.74) is 1.05. The monoisotopic (exact) mass is 295 g/mol. The lowest BCUT2D eigenvalue weighted by molar-refractivity contribution is -0.142. The third-order valence-corrected chi connectivity index (χ3v) is 3.88. The number of carboxylic acids is 1. The highest BCUT2D eigenvalue weighted by molar-refractivity contribution is 7.80. The second-order valence-electron chi connectivity index (χ2n) is 4.80. The first kappa shape index (κ1) is 16.6. The van der Waals surface area contributed by atoms with Crippen LogP contribution in [-0.4, -0.2) is 28.8 Å². The Morgan fingerprint density at radius 2 is 1.90 bits per heavy atom. The van der Waals surface area contributed by atoms with Crippen LogP contribution < -0.4 is 5.32 Å². The first-order chi connectivity index (χ1) is 9.51. The fraction of sp³-hybridized carbons (Fsp3) is 0.467. The van der Waals surface area contributed by atoms with Gasteiger partial charge >= 0.3 is 5.97 Å². The van der Waals surface area contributed by atoms with Gasteiger partial charge in [0.25, 0.3) is 0 Å². The van der Waals surface area contributed by atoms with E-state index in [0.717, 1.165) is 5.56 Å². The molecule has 0 heterocycles. The number of carbonyl (C=O) groups excluding carboxylic acids is 1. The molecule has 0 spiro atoms. The van der Waals surface area contributed by atoms with Gasteiger partial charge in [0, 0.05) is 5.75 Å². The smallest absolute Gasteiger partial charge is 0.326 e. The maximum atomic E-state index is 12.2. The first-order valence-electron chi connectivity index (χ1n) is 6.70. The number of rotatable bonds is 7. The Morgan fingerprint density at radius 1 is 1.30 bits per heavy atom. The average molecular weight is 295 g/mol. The van der Waals surface area contributed by atoms with Crippen molar-refractivity contribution in [2.75, 3.05) is 5.75 Å². The molecule has 0 fully saturated rings. The molecular weight excluding hydrogens is 274 g/mol. The molecule has 1 amide bonds. The van der Waals surface area contributed by atoms with Gasteiger partial charge in [-0.3, -0.25) is 4.79 Å². The normalized spacial score (nSPS) is 15.2. The van der Waals surface area contributed by atoms with Gasteiger partial charge in [-0.15, -0.1) is 0 Å². The minimum Gasteiger partial charge on any atom is -0.480 e. The fourth-order valence-electron chi connectivity index (χ4n) is 2.07. The molecule has 3 atom stereocenters. The Bertz CT molecular complexity index is 450. The van der Waals surface area contributed by atoms with E-state index in [9.17, 15) is 9.59 Å². The van der Waals surface area contributed by atoms with E-state index in [1.807, 2.05) is 37.3 Å². The molecule has 2 N–H and O–H groups in total. The van der Waals surface area contributed by atoms with Crippen molar-refractivity contribution in [1.29, 1.82) is 0 Å². The second kappa shape index (κ2) is 7.94. The highest BCUT2D eigenvalue weighted by atomic mass is 32.1. The van der Waals surface area contributed by atoms with E-state index in [1.54, 1.807) is 6.92 Å². The summed E-state index contributed by atoms with van der Waals surface area (Å²) in [6.45, 7) is 3.69. The van der Waals surface area contributed by atoms with Crippen LogP contribution in [0, 0.1) is 5.92 Å². The molecule has 5 heteroatoms. The zero-order valence-electron chi connectivity index (χ0n) is 11.7. The Labute approximate surface area is 125 Å². The number of amides is 1. The Hall–Kier alpha value is -1.49. The van der Waals surface area contributed by atoms with E-state index < -0.39 is 12.0 Å². The van der Waals surface area contributed by atoms with Crippen molar-refractivity contribution in [3.63, 3.8) is 0 Å². The number of carboxylic acid groups (broad SMARTS) is 1. The van der Waals surface area contributed by atoms with E-state index in [4.69, 9.17) is 5.11 Å². The molecule has 0 aliphatic carbocycles. The number of carbonyl (C=O) groups is 2. The Morgan fingerprint density at radius 3 is 2.35 bits per heavy atom. The number of thiol groups is 1. The molecule has 0 radical (unpaired) electrons. The van der Waals surface area contributed by atoms with Crippen molar-refractivity contribution in [2.45, 2.75) is 32.2 Å². The summed E-state index contributed by atoms with van der Waals surface area (Å²) < 4.78 is 0. The topological polar surface area (TPSA) is 66.4 Å². The van der Waals surface area contributed by atoms with Crippen LogP contribution in [0.3, 0.4) is 0 Å². The standard InChI is InChI=1S/C15H21NO3S/c1-3-13(15(18)19)16-14(17)12(9-20)10(2)11-7-5-4-6-8-11/h4-8,10,12-13,20H,3,9H2,1-2H3,(H,16,17)(H,18,19)/t10-,12-,13-/m0/s1. The average Bonchev–Trinajstić information content (AvgIpc) is 2.45. The fourth-order valence-corrected chi connectivity index (χ4v) is 2.56. The second-order valence-corrected chi connectivity index (χ2v) is 5.16. The minimum atomic E-state index is -1.01. The van der Waals surface area contributed by atoms with E-state index in [2.05, 4.69) is 17.9 Å². The summed E-state index contributed by atoms with van der Waals surface area (Å²) in [6.07, 6.45) is 0.361. The van der Waals surface area contributed by atoms with Gasteiger partial charge in [-0.1, -0.05) is 44.2 Å². The van der Waals surface area contributed by atoms with Gasteiger partial charge in [0.05, 0.1) is 5.92 Å². The van der Waals surface area contributed by atoms with Gasteiger partial charge in [0.15, 0.2) is 0 Å². The van der Waals surface area contributed by atoms with Crippen molar-refractivity contribution in [2.24, 2.45) is 5.92 Å². The van der Waals surface area contributed by atoms with Crippen LogP contribution in [0.15, 0.2) is 30.3 Å². The van der Waals surface area contributed by atoms with Crippen molar-refractivity contribution >= 4 is 24.5 Å². The molecule has 0 aliphatic heterocycles. The Kier molecular flexibility index (Phi) is 6.58. The Balaban J connectivity index is 2.79. The van der Waals surface area contributed by atoms with Crippen LogP contribution in [0.2, 0.25) is 0 Å². The lowest BCUT2D eigenvalue weighted by Crippen LogP contribution is -2.44. The molecule has 1 rings (SSSR count). The highest BCUT2D eigenvalue weighted by Gasteiger charge is 2.28. The SMILES string of the molecule is CC[C@H](NC(=O)[C@@H](CS)[C@@H](C)c1ccccc1)C(=O)O. The summed E-state index contributed by atoms with van der Waals surface area (Å²) in [4.78, 5) is 23.2. The van der Waals surface area contributed by atoms with Crippen molar-refractivity contribution in [3.8, 4) is 0 Å². The maximum Gasteiger partial charge on any atom is 0.326 e. The minimum absolute atomic E-state index is 0.0139. The summed E-state index contributed by atoms with van der Waals surface area (Å²) in [6, 6.07) is 8.85. The van der Waals surface area contributed by atoms with E-state index >= 15 is 0 Å². The summed E-state index contributed by atoms with van der Waals surface area (Å²) in [5, 5.41) is 11.6. The van der Waals surface area contributed by atoms with E-state index in [0.29, 0.717) is 12.2 Å². The molecule has 4 nitrogen and oxygen atoms in total. The zero-order valence-corrected chi connectivity index (χ0v) is 12.6. The predicted octanol–water partition coefficient (Wildman–Crippen LogP) is 2.32. The zero-order chi connectivity index (χ0) is 15.1. The van der Waals surface area contributed by atoms with Gasteiger partial charge in [-0.05, 0) is 17.9 Å². The van der Waals surface area contributed by atoms with Crippen LogP contribution in [0.4, 0.5) is 0 Å². The molecule has 0 saturated heterocycles. The van der Waals surface area contributed by atoms with Crippen LogP contribution in [0.1, 0.15) is 31.7 Å². The molecule has 0 aromatic heterocycles. The van der Waals surface area contributed by atoms with Crippen molar-refractivity contribution in [3.05, 3.63) is 35.9 Å². The molecule has 0 unspecified atom stereocenters. The van der Waals surface area contributed by atoms with Crippen LogP contribution >= 0.6 is 12.6 Å². The summed E-state index contributed by atoms with van der Waals surface area (Å²) in [5.74, 6) is -1.26. The van der Waals surface area contributed by atoms with Crippen LogP contribution in [0.5, 0.6) is 0 Å². The molecule has 1 aromatic carbocycles. The van der Waals surface area contributed by atoms with E-state index in [1.165, 1.54) is 0 Å². The first-order valence-corrected chi connectivity index (χ1v) is 7.33. The number of nitrogens with one attached hydrogen (secondary N) is 1. The number of aliphatic carboxylic acids is 1. The molecule has 20 heavy (non-hydrogen) atoms. The largest absolute Gasteiger partial charge is 0.480 e. The third kappa shape index (κ3) is 4.27. The van der Waals surface area contributed by atoms with Crippen molar-refractivity contribution in [1.82, 2.24) is 5.32 Å². The number of benzene rings is 1.